The lowest BCUT2D eigenvalue weighted by Gasteiger charge is -2.35. The third-order valence-electron chi connectivity index (χ3n) is 4.03. The van der Waals surface area contributed by atoms with E-state index in [2.05, 4.69) is 15.5 Å². The number of amides is 1. The number of para-hydroxylation sites is 1. The first kappa shape index (κ1) is 15.1. The first-order valence-electron chi connectivity index (χ1n) is 7.40. The van der Waals surface area contributed by atoms with Crippen LogP contribution in [0.25, 0.3) is 5.69 Å². The van der Waals surface area contributed by atoms with Crippen LogP contribution in [0.1, 0.15) is 23.7 Å². The van der Waals surface area contributed by atoms with Crippen LogP contribution in [0.5, 0.6) is 0 Å². The molecular formula is C15H17N5O3. The SMILES string of the molecule is CC1CC(C(=O)O)CN(C(=O)c2ccccc2-n2cnnn2)C1. The number of hydrogen-bond donors (Lipinski definition) is 1. The molecule has 2 unspecified atom stereocenters. The van der Waals surface area contributed by atoms with Crippen molar-refractivity contribution >= 4 is 11.9 Å². The highest BCUT2D eigenvalue weighted by molar-refractivity contribution is 5.98. The number of carboxylic acids is 1. The second-order valence-electron chi connectivity index (χ2n) is 5.86. The number of tetrazole rings is 1. The second-order valence-corrected chi connectivity index (χ2v) is 5.86. The minimum atomic E-state index is -0.858. The summed E-state index contributed by atoms with van der Waals surface area (Å²) in [5.74, 6) is -1.44. The van der Waals surface area contributed by atoms with Crippen molar-refractivity contribution in [3.8, 4) is 5.69 Å². The number of carbonyl (C=O) groups is 2. The van der Waals surface area contributed by atoms with Gasteiger partial charge in [-0.05, 0) is 34.9 Å². The summed E-state index contributed by atoms with van der Waals surface area (Å²) in [4.78, 5) is 25.8. The van der Waals surface area contributed by atoms with Gasteiger partial charge in [-0.1, -0.05) is 19.1 Å². The Labute approximate surface area is 132 Å². The number of rotatable bonds is 3. The zero-order valence-corrected chi connectivity index (χ0v) is 12.7. The van der Waals surface area contributed by atoms with Crippen LogP contribution in [0.3, 0.4) is 0 Å². The summed E-state index contributed by atoms with van der Waals surface area (Å²) in [5, 5.41) is 20.3. The van der Waals surface area contributed by atoms with Gasteiger partial charge in [-0.3, -0.25) is 9.59 Å². The average molecular weight is 315 g/mol. The first-order chi connectivity index (χ1) is 11.1. The molecule has 120 valence electrons. The van der Waals surface area contributed by atoms with Gasteiger partial charge in [0, 0.05) is 13.1 Å². The third kappa shape index (κ3) is 3.05. The van der Waals surface area contributed by atoms with E-state index in [0.717, 1.165) is 0 Å². The van der Waals surface area contributed by atoms with Crippen LogP contribution in [0.15, 0.2) is 30.6 Å². The summed E-state index contributed by atoms with van der Waals surface area (Å²) in [5.41, 5.74) is 1.03. The lowest BCUT2D eigenvalue weighted by atomic mass is 9.90. The number of carbonyl (C=O) groups excluding carboxylic acids is 1. The summed E-state index contributed by atoms with van der Waals surface area (Å²) in [6.45, 7) is 2.73. The number of piperidine rings is 1. The molecule has 0 radical (unpaired) electrons. The van der Waals surface area contributed by atoms with E-state index in [9.17, 15) is 14.7 Å². The smallest absolute Gasteiger partial charge is 0.308 e. The van der Waals surface area contributed by atoms with Crippen molar-refractivity contribution < 1.29 is 14.7 Å². The highest BCUT2D eigenvalue weighted by atomic mass is 16.4. The zero-order chi connectivity index (χ0) is 16.4. The van der Waals surface area contributed by atoms with Gasteiger partial charge in [-0.15, -0.1) is 5.10 Å². The molecule has 2 atom stereocenters. The lowest BCUT2D eigenvalue weighted by Crippen LogP contribution is -2.45. The largest absolute Gasteiger partial charge is 0.481 e. The van der Waals surface area contributed by atoms with Crippen molar-refractivity contribution in [3.63, 3.8) is 0 Å². The zero-order valence-electron chi connectivity index (χ0n) is 12.7. The van der Waals surface area contributed by atoms with E-state index in [0.29, 0.717) is 24.2 Å². The summed E-state index contributed by atoms with van der Waals surface area (Å²) >= 11 is 0. The molecule has 1 aromatic heterocycles. The first-order valence-corrected chi connectivity index (χ1v) is 7.40. The minimum Gasteiger partial charge on any atom is -0.481 e. The van der Waals surface area contributed by atoms with Crippen molar-refractivity contribution in [1.29, 1.82) is 0 Å². The number of carboxylic acid groups (broad SMARTS) is 1. The molecule has 0 spiro atoms. The number of benzene rings is 1. The molecular weight excluding hydrogens is 298 g/mol. The number of nitrogens with zero attached hydrogens (tertiary/aromatic N) is 5. The van der Waals surface area contributed by atoms with Gasteiger partial charge in [-0.25, -0.2) is 0 Å². The van der Waals surface area contributed by atoms with Crippen molar-refractivity contribution in [1.82, 2.24) is 25.1 Å². The molecule has 0 bridgehead atoms. The van der Waals surface area contributed by atoms with E-state index < -0.39 is 11.9 Å². The Hall–Kier alpha value is -2.77. The van der Waals surface area contributed by atoms with Crippen LogP contribution in [0, 0.1) is 11.8 Å². The van der Waals surface area contributed by atoms with Crippen LogP contribution in [0.4, 0.5) is 0 Å². The molecule has 1 N–H and O–H groups in total. The van der Waals surface area contributed by atoms with Crippen molar-refractivity contribution in [2.24, 2.45) is 11.8 Å². The van der Waals surface area contributed by atoms with Gasteiger partial charge in [0.2, 0.25) is 0 Å². The maximum absolute atomic E-state index is 12.9. The molecule has 23 heavy (non-hydrogen) atoms. The molecule has 1 amide bonds. The van der Waals surface area contributed by atoms with Gasteiger partial charge in [0.15, 0.2) is 0 Å². The molecule has 1 aliphatic heterocycles. The maximum Gasteiger partial charge on any atom is 0.308 e. The minimum absolute atomic E-state index is 0.147. The van der Waals surface area contributed by atoms with Crippen molar-refractivity contribution in [2.75, 3.05) is 13.1 Å². The molecule has 0 saturated carbocycles. The third-order valence-corrected chi connectivity index (χ3v) is 4.03. The highest BCUT2D eigenvalue weighted by Crippen LogP contribution is 2.24. The molecule has 2 aromatic rings. The van der Waals surface area contributed by atoms with Crippen LogP contribution in [-0.4, -0.2) is 55.2 Å². The quantitative estimate of drug-likeness (QED) is 0.901. The molecule has 1 fully saturated rings. The fourth-order valence-corrected chi connectivity index (χ4v) is 2.99. The Morgan fingerprint density at radius 1 is 1.26 bits per heavy atom. The van der Waals surface area contributed by atoms with Crippen LogP contribution < -0.4 is 0 Å². The maximum atomic E-state index is 12.9. The van der Waals surface area contributed by atoms with Crippen LogP contribution in [-0.2, 0) is 4.79 Å². The normalized spacial score (nSPS) is 21.2. The van der Waals surface area contributed by atoms with E-state index in [-0.39, 0.29) is 18.4 Å². The van der Waals surface area contributed by atoms with Gasteiger partial charge < -0.3 is 10.0 Å². The molecule has 1 aliphatic rings. The highest BCUT2D eigenvalue weighted by Gasteiger charge is 2.33. The Balaban J connectivity index is 1.90. The number of aliphatic carboxylic acids is 1. The number of likely N-dealkylation sites (tertiary alicyclic amines) is 1. The number of aromatic nitrogens is 4. The second kappa shape index (κ2) is 6.15. The van der Waals surface area contributed by atoms with Crippen LogP contribution in [0.2, 0.25) is 0 Å². The Kier molecular flexibility index (Phi) is 4.05. The van der Waals surface area contributed by atoms with Gasteiger partial charge >= 0.3 is 5.97 Å². The fraction of sp³-hybridized carbons (Fsp3) is 0.400. The molecule has 1 saturated heterocycles. The summed E-state index contributed by atoms with van der Waals surface area (Å²) in [6.07, 6.45) is 2.01. The van der Waals surface area contributed by atoms with E-state index in [1.165, 1.54) is 11.0 Å². The van der Waals surface area contributed by atoms with Crippen molar-refractivity contribution in [2.45, 2.75) is 13.3 Å². The Morgan fingerprint density at radius 2 is 2.04 bits per heavy atom. The molecule has 8 heteroatoms. The lowest BCUT2D eigenvalue weighted by molar-refractivity contribution is -0.143. The van der Waals surface area contributed by atoms with E-state index in [4.69, 9.17) is 0 Å². The molecule has 2 heterocycles. The molecule has 3 rings (SSSR count). The van der Waals surface area contributed by atoms with Gasteiger partial charge in [0.1, 0.15) is 6.33 Å². The van der Waals surface area contributed by atoms with E-state index in [1.54, 1.807) is 29.2 Å². The van der Waals surface area contributed by atoms with Crippen LogP contribution >= 0.6 is 0 Å². The van der Waals surface area contributed by atoms with Gasteiger partial charge in [-0.2, -0.15) is 4.68 Å². The molecule has 8 nitrogen and oxygen atoms in total. The topological polar surface area (TPSA) is 101 Å². The summed E-state index contributed by atoms with van der Waals surface area (Å²) in [6, 6.07) is 7.02. The van der Waals surface area contributed by atoms with Gasteiger partial charge in [0.05, 0.1) is 17.2 Å². The predicted octanol–water partition coefficient (Wildman–Crippen LogP) is 0.845. The van der Waals surface area contributed by atoms with E-state index in [1.807, 2.05) is 6.92 Å². The summed E-state index contributed by atoms with van der Waals surface area (Å²) < 4.78 is 1.43. The summed E-state index contributed by atoms with van der Waals surface area (Å²) in [7, 11) is 0. The fourth-order valence-electron chi connectivity index (χ4n) is 2.99. The Bertz CT molecular complexity index is 716. The standard InChI is InChI=1S/C15H17N5O3/c1-10-6-11(15(22)23)8-19(7-10)14(21)12-4-2-3-5-13(12)20-9-16-17-18-20/h2-5,9-11H,6-8H2,1H3,(H,22,23). The molecule has 0 aliphatic carbocycles. The average Bonchev–Trinajstić information content (AvgIpc) is 3.08. The van der Waals surface area contributed by atoms with Gasteiger partial charge in [0.25, 0.3) is 5.91 Å². The van der Waals surface area contributed by atoms with E-state index >= 15 is 0 Å². The predicted molar refractivity (Wildman–Crippen MR) is 80.0 cm³/mol. The Morgan fingerprint density at radius 3 is 2.74 bits per heavy atom. The van der Waals surface area contributed by atoms with Crippen molar-refractivity contribution in [3.05, 3.63) is 36.2 Å². The molecule has 1 aromatic carbocycles. The number of hydrogen-bond acceptors (Lipinski definition) is 5. The monoisotopic (exact) mass is 315 g/mol.